The van der Waals surface area contributed by atoms with Crippen LogP contribution in [0.25, 0.3) is 0 Å². The molecule has 5 heteroatoms. The van der Waals surface area contributed by atoms with Crippen LogP contribution in [0.1, 0.15) is 23.2 Å². The molecule has 0 aliphatic heterocycles. The molecule has 0 radical (unpaired) electrons. The summed E-state index contributed by atoms with van der Waals surface area (Å²) in [6, 6.07) is 1.22. The summed E-state index contributed by atoms with van der Waals surface area (Å²) in [5, 5.41) is 0. The van der Waals surface area contributed by atoms with Crippen molar-refractivity contribution in [3.05, 3.63) is 33.2 Å². The van der Waals surface area contributed by atoms with Crippen LogP contribution in [0.3, 0.4) is 0 Å². The van der Waals surface area contributed by atoms with Crippen LogP contribution in [0.5, 0.6) is 0 Å². The third-order valence-corrected chi connectivity index (χ3v) is 1.83. The highest BCUT2D eigenvalue weighted by molar-refractivity contribution is 5.26. The first-order valence-corrected chi connectivity index (χ1v) is 3.77. The number of rotatable bonds is 2. The molecule has 0 saturated carbocycles. The van der Waals surface area contributed by atoms with Crippen molar-refractivity contribution >= 4 is 0 Å². The summed E-state index contributed by atoms with van der Waals surface area (Å²) in [7, 11) is 0. The molecule has 0 aromatic carbocycles. The minimum absolute atomic E-state index is 0.0483. The van der Waals surface area contributed by atoms with E-state index < -0.39 is 12.0 Å². The molecule has 1 aromatic rings. The Hall–Kier alpha value is -1.23. The van der Waals surface area contributed by atoms with Crippen molar-refractivity contribution in [3.63, 3.8) is 0 Å². The van der Waals surface area contributed by atoms with E-state index in [9.17, 15) is 13.6 Å². The molecular formula is C8H10F2N2O. The predicted molar refractivity (Wildman–Crippen MR) is 44.6 cm³/mol. The summed E-state index contributed by atoms with van der Waals surface area (Å²) in [4.78, 5) is 13.5. The van der Waals surface area contributed by atoms with Crippen molar-refractivity contribution in [1.82, 2.24) is 4.98 Å². The van der Waals surface area contributed by atoms with Gasteiger partial charge in [0, 0.05) is 23.4 Å². The Kier molecular flexibility index (Phi) is 2.77. The summed E-state index contributed by atoms with van der Waals surface area (Å²) in [5.74, 6) is 0. The second kappa shape index (κ2) is 3.66. The number of nitrogens with one attached hydrogen (secondary N) is 1. The summed E-state index contributed by atoms with van der Waals surface area (Å²) in [6.07, 6.45) is -2.63. The maximum atomic E-state index is 12.3. The van der Waals surface area contributed by atoms with E-state index in [0.29, 0.717) is 5.69 Å². The van der Waals surface area contributed by atoms with Crippen LogP contribution in [0, 0.1) is 6.92 Å². The number of alkyl halides is 2. The molecule has 3 nitrogen and oxygen atoms in total. The van der Waals surface area contributed by atoms with E-state index in [-0.39, 0.29) is 17.7 Å². The molecule has 0 atom stereocenters. The minimum atomic E-state index is -2.63. The van der Waals surface area contributed by atoms with Gasteiger partial charge in [0.2, 0.25) is 0 Å². The van der Waals surface area contributed by atoms with E-state index in [1.807, 2.05) is 0 Å². The molecule has 0 unspecified atom stereocenters. The van der Waals surface area contributed by atoms with Crippen molar-refractivity contribution in [2.24, 2.45) is 5.73 Å². The standard InChI is InChI=1S/C8H10F2N2O/c1-4-6(7(9)10)2-5(3-11)12-8(4)13/h2,7H,3,11H2,1H3,(H,12,13). The quantitative estimate of drug-likeness (QED) is 0.729. The van der Waals surface area contributed by atoms with Crippen molar-refractivity contribution in [1.29, 1.82) is 0 Å². The van der Waals surface area contributed by atoms with Crippen LogP contribution >= 0.6 is 0 Å². The van der Waals surface area contributed by atoms with E-state index >= 15 is 0 Å². The van der Waals surface area contributed by atoms with Crippen LogP contribution in [-0.2, 0) is 6.54 Å². The molecule has 0 bridgehead atoms. The zero-order valence-electron chi connectivity index (χ0n) is 7.10. The Labute approximate surface area is 73.6 Å². The topological polar surface area (TPSA) is 58.9 Å². The molecule has 0 aliphatic rings. The van der Waals surface area contributed by atoms with Gasteiger partial charge in [0.25, 0.3) is 12.0 Å². The summed E-state index contributed by atoms with van der Waals surface area (Å²) >= 11 is 0. The maximum absolute atomic E-state index is 12.3. The van der Waals surface area contributed by atoms with Crippen LogP contribution in [-0.4, -0.2) is 4.98 Å². The number of halogens is 2. The van der Waals surface area contributed by atoms with E-state index in [1.54, 1.807) is 0 Å². The molecule has 1 rings (SSSR count). The van der Waals surface area contributed by atoms with Gasteiger partial charge in [-0.05, 0) is 13.0 Å². The summed E-state index contributed by atoms with van der Waals surface area (Å²) in [5.41, 5.74) is 4.85. The van der Waals surface area contributed by atoms with E-state index in [0.717, 1.165) is 0 Å². The minimum Gasteiger partial charge on any atom is -0.325 e. The largest absolute Gasteiger partial charge is 0.325 e. The monoisotopic (exact) mass is 188 g/mol. The molecule has 1 heterocycles. The smallest absolute Gasteiger partial charge is 0.264 e. The fourth-order valence-electron chi connectivity index (χ4n) is 1.04. The van der Waals surface area contributed by atoms with Gasteiger partial charge in [-0.2, -0.15) is 0 Å². The number of hydrogen-bond donors (Lipinski definition) is 2. The lowest BCUT2D eigenvalue weighted by molar-refractivity contribution is 0.150. The molecule has 0 fully saturated rings. The highest BCUT2D eigenvalue weighted by Gasteiger charge is 2.13. The van der Waals surface area contributed by atoms with Gasteiger partial charge in [0.05, 0.1) is 0 Å². The second-order valence-corrected chi connectivity index (χ2v) is 2.71. The molecule has 0 amide bonds. The van der Waals surface area contributed by atoms with Gasteiger partial charge in [-0.1, -0.05) is 0 Å². The Balaban J connectivity index is 3.33. The lowest BCUT2D eigenvalue weighted by Gasteiger charge is -2.05. The Morgan fingerprint density at radius 2 is 2.23 bits per heavy atom. The average molecular weight is 188 g/mol. The number of hydrogen-bond acceptors (Lipinski definition) is 2. The lowest BCUT2D eigenvalue weighted by Crippen LogP contribution is -2.16. The lowest BCUT2D eigenvalue weighted by atomic mass is 10.1. The van der Waals surface area contributed by atoms with Gasteiger partial charge >= 0.3 is 0 Å². The number of H-pyrrole nitrogens is 1. The summed E-state index contributed by atoms with van der Waals surface area (Å²) < 4.78 is 24.7. The SMILES string of the molecule is Cc1c(C(F)F)cc(CN)[nH]c1=O. The Bertz CT molecular complexity index is 360. The predicted octanol–water partition coefficient (Wildman–Crippen LogP) is 1.08. The second-order valence-electron chi connectivity index (χ2n) is 2.71. The highest BCUT2D eigenvalue weighted by Crippen LogP contribution is 2.20. The number of nitrogens with two attached hydrogens (primary N) is 1. The Morgan fingerprint density at radius 1 is 1.62 bits per heavy atom. The molecule has 1 aromatic heterocycles. The fraction of sp³-hybridized carbons (Fsp3) is 0.375. The molecule has 3 N–H and O–H groups in total. The van der Waals surface area contributed by atoms with Crippen molar-refractivity contribution < 1.29 is 8.78 Å². The number of aromatic amines is 1. The molecular weight excluding hydrogens is 178 g/mol. The van der Waals surface area contributed by atoms with Crippen molar-refractivity contribution in [2.75, 3.05) is 0 Å². The Morgan fingerprint density at radius 3 is 2.69 bits per heavy atom. The van der Waals surface area contributed by atoms with Crippen LogP contribution in [0.15, 0.2) is 10.9 Å². The van der Waals surface area contributed by atoms with Crippen molar-refractivity contribution in [2.45, 2.75) is 19.9 Å². The number of aromatic nitrogens is 1. The molecule has 13 heavy (non-hydrogen) atoms. The molecule has 72 valence electrons. The fourth-order valence-corrected chi connectivity index (χ4v) is 1.04. The third-order valence-electron chi connectivity index (χ3n) is 1.83. The van der Waals surface area contributed by atoms with Crippen molar-refractivity contribution in [3.8, 4) is 0 Å². The van der Waals surface area contributed by atoms with Gasteiger partial charge in [-0.3, -0.25) is 4.79 Å². The third kappa shape index (κ3) is 1.92. The normalized spacial score (nSPS) is 10.8. The van der Waals surface area contributed by atoms with Gasteiger partial charge < -0.3 is 10.7 Å². The molecule has 0 aliphatic carbocycles. The van der Waals surface area contributed by atoms with Gasteiger partial charge in [0.15, 0.2) is 0 Å². The van der Waals surface area contributed by atoms with Crippen LogP contribution < -0.4 is 11.3 Å². The van der Waals surface area contributed by atoms with Gasteiger partial charge in [-0.25, -0.2) is 8.78 Å². The van der Waals surface area contributed by atoms with Crippen LogP contribution in [0.2, 0.25) is 0 Å². The first-order valence-electron chi connectivity index (χ1n) is 3.77. The van der Waals surface area contributed by atoms with Crippen LogP contribution in [0.4, 0.5) is 8.78 Å². The number of pyridine rings is 1. The zero-order chi connectivity index (χ0) is 10.0. The van der Waals surface area contributed by atoms with Gasteiger partial charge in [-0.15, -0.1) is 0 Å². The highest BCUT2D eigenvalue weighted by atomic mass is 19.3. The first kappa shape index (κ1) is 9.85. The zero-order valence-corrected chi connectivity index (χ0v) is 7.10. The molecule has 0 saturated heterocycles. The van der Waals surface area contributed by atoms with E-state index in [4.69, 9.17) is 5.73 Å². The molecule has 0 spiro atoms. The maximum Gasteiger partial charge on any atom is 0.264 e. The van der Waals surface area contributed by atoms with Gasteiger partial charge in [0.1, 0.15) is 0 Å². The van der Waals surface area contributed by atoms with E-state index in [2.05, 4.69) is 4.98 Å². The first-order chi connectivity index (χ1) is 6.06. The average Bonchev–Trinajstić information content (AvgIpc) is 2.09. The summed E-state index contributed by atoms with van der Waals surface area (Å²) in [6.45, 7) is 1.41. The van der Waals surface area contributed by atoms with E-state index in [1.165, 1.54) is 13.0 Å².